The summed E-state index contributed by atoms with van der Waals surface area (Å²) in [6.45, 7) is 2.03. The van der Waals surface area contributed by atoms with E-state index in [1.54, 1.807) is 24.3 Å². The first-order valence-corrected chi connectivity index (χ1v) is 8.41. The highest BCUT2D eigenvalue weighted by Crippen LogP contribution is 2.31. The molecule has 25 heavy (non-hydrogen) atoms. The lowest BCUT2D eigenvalue weighted by Crippen LogP contribution is -2.35. The van der Waals surface area contributed by atoms with E-state index in [4.69, 9.17) is 5.26 Å². The van der Waals surface area contributed by atoms with E-state index in [1.165, 1.54) is 18.2 Å². The van der Waals surface area contributed by atoms with Crippen LogP contribution >= 0.6 is 0 Å². The number of piperidine rings is 1. The molecule has 0 aliphatic carbocycles. The molecule has 1 atom stereocenters. The molecular weight excluding hydrogens is 322 g/mol. The van der Waals surface area contributed by atoms with Crippen LogP contribution < -0.4 is 0 Å². The quantitative estimate of drug-likeness (QED) is 0.920. The Morgan fingerprint density at radius 2 is 1.80 bits per heavy atom. The average molecular weight is 342 g/mol. The number of likely N-dealkylation sites (tertiary alicyclic amines) is 1. The summed E-state index contributed by atoms with van der Waals surface area (Å²) in [4.78, 5) is 2.15. The van der Waals surface area contributed by atoms with Crippen molar-refractivity contribution < 1.29 is 13.9 Å². The van der Waals surface area contributed by atoms with E-state index in [0.29, 0.717) is 17.7 Å². The fourth-order valence-electron chi connectivity index (χ4n) is 3.34. The van der Waals surface area contributed by atoms with Crippen LogP contribution in [0.2, 0.25) is 0 Å². The lowest BCUT2D eigenvalue weighted by molar-refractivity contribution is 0.0564. The van der Waals surface area contributed by atoms with Crippen LogP contribution in [0.15, 0.2) is 42.5 Å². The van der Waals surface area contributed by atoms with Gasteiger partial charge in [-0.15, -0.1) is 0 Å². The lowest BCUT2D eigenvalue weighted by Gasteiger charge is -2.34. The molecule has 0 radical (unpaired) electrons. The average Bonchev–Trinajstić information content (AvgIpc) is 2.64. The molecule has 1 unspecified atom stereocenters. The minimum Gasteiger partial charge on any atom is -0.388 e. The highest BCUT2D eigenvalue weighted by molar-refractivity contribution is 5.32. The normalized spacial score (nSPS) is 17.2. The molecule has 1 fully saturated rings. The van der Waals surface area contributed by atoms with E-state index in [-0.39, 0.29) is 17.6 Å². The Balaban J connectivity index is 1.57. The number of aliphatic hydroxyl groups is 1. The monoisotopic (exact) mass is 342 g/mol. The van der Waals surface area contributed by atoms with Gasteiger partial charge in [0.15, 0.2) is 0 Å². The molecule has 1 heterocycles. The van der Waals surface area contributed by atoms with Gasteiger partial charge < -0.3 is 5.11 Å². The Morgan fingerprint density at radius 1 is 1.12 bits per heavy atom. The van der Waals surface area contributed by atoms with Crippen LogP contribution in [0.1, 0.15) is 35.6 Å². The minimum atomic E-state index is -0.602. The standard InChI is InChI=1S/C20H20F2N2O/c21-18-5-3-15(4-6-18)20(25)16-7-9-24(10-8-16)13-17-2-1-14(12-23)11-19(17)22/h1-6,11,16,20,25H,7-10,13H2. The van der Waals surface area contributed by atoms with E-state index in [2.05, 4.69) is 4.90 Å². The third-order valence-corrected chi connectivity index (χ3v) is 4.87. The topological polar surface area (TPSA) is 47.3 Å². The molecule has 2 aromatic carbocycles. The van der Waals surface area contributed by atoms with Crippen LogP contribution in [0.3, 0.4) is 0 Å². The summed E-state index contributed by atoms with van der Waals surface area (Å²) < 4.78 is 27.0. The maximum atomic E-state index is 14.0. The zero-order valence-corrected chi connectivity index (χ0v) is 13.8. The Kier molecular flexibility index (Phi) is 5.42. The maximum absolute atomic E-state index is 14.0. The summed E-state index contributed by atoms with van der Waals surface area (Å²) >= 11 is 0. The van der Waals surface area contributed by atoms with Gasteiger partial charge in [0.05, 0.1) is 17.7 Å². The molecule has 2 aromatic rings. The largest absolute Gasteiger partial charge is 0.388 e. The summed E-state index contributed by atoms with van der Waals surface area (Å²) in [5.41, 5.74) is 1.64. The van der Waals surface area contributed by atoms with E-state index in [0.717, 1.165) is 31.5 Å². The molecule has 3 rings (SSSR count). The van der Waals surface area contributed by atoms with E-state index < -0.39 is 6.10 Å². The second-order valence-corrected chi connectivity index (χ2v) is 6.53. The van der Waals surface area contributed by atoms with Gasteiger partial charge >= 0.3 is 0 Å². The first kappa shape index (κ1) is 17.5. The van der Waals surface area contributed by atoms with Gasteiger partial charge in [-0.05, 0) is 61.7 Å². The molecule has 0 amide bonds. The van der Waals surface area contributed by atoms with Gasteiger partial charge in [-0.25, -0.2) is 8.78 Å². The summed E-state index contributed by atoms with van der Waals surface area (Å²) in [5.74, 6) is -0.546. The SMILES string of the molecule is N#Cc1ccc(CN2CCC(C(O)c3ccc(F)cc3)CC2)c(F)c1. The van der Waals surface area contributed by atoms with Gasteiger partial charge in [0, 0.05) is 12.1 Å². The van der Waals surface area contributed by atoms with E-state index >= 15 is 0 Å². The van der Waals surface area contributed by atoms with Crippen molar-refractivity contribution >= 4 is 0 Å². The van der Waals surface area contributed by atoms with Crippen LogP contribution in [-0.2, 0) is 6.54 Å². The van der Waals surface area contributed by atoms with Crippen LogP contribution in [0.25, 0.3) is 0 Å². The van der Waals surface area contributed by atoms with Crippen molar-refractivity contribution in [3.05, 3.63) is 70.8 Å². The number of halogens is 2. The number of hydrogen-bond acceptors (Lipinski definition) is 3. The third-order valence-electron chi connectivity index (χ3n) is 4.87. The summed E-state index contributed by atoms with van der Waals surface area (Å²) in [6, 6.07) is 12.5. The zero-order chi connectivity index (χ0) is 17.8. The van der Waals surface area contributed by atoms with Crippen LogP contribution in [-0.4, -0.2) is 23.1 Å². The minimum absolute atomic E-state index is 0.118. The number of aliphatic hydroxyl groups excluding tert-OH is 1. The molecule has 1 saturated heterocycles. The number of rotatable bonds is 4. The van der Waals surface area contributed by atoms with Crippen molar-refractivity contribution in [3.63, 3.8) is 0 Å². The molecular formula is C20H20F2N2O. The predicted molar refractivity (Wildman–Crippen MR) is 90.5 cm³/mol. The molecule has 1 N–H and O–H groups in total. The third kappa shape index (κ3) is 4.22. The molecule has 130 valence electrons. The van der Waals surface area contributed by atoms with Crippen molar-refractivity contribution in [1.29, 1.82) is 5.26 Å². The number of hydrogen-bond donors (Lipinski definition) is 1. The summed E-state index contributed by atoms with van der Waals surface area (Å²) in [7, 11) is 0. The molecule has 1 aliphatic heterocycles. The molecule has 0 saturated carbocycles. The lowest BCUT2D eigenvalue weighted by atomic mass is 9.87. The first-order valence-electron chi connectivity index (χ1n) is 8.41. The van der Waals surface area contributed by atoms with Crippen LogP contribution in [0.4, 0.5) is 8.78 Å². The highest BCUT2D eigenvalue weighted by atomic mass is 19.1. The van der Waals surface area contributed by atoms with Gasteiger partial charge in [-0.2, -0.15) is 5.26 Å². The number of nitrogens with zero attached hydrogens (tertiary/aromatic N) is 2. The molecule has 1 aliphatic rings. The fourth-order valence-corrected chi connectivity index (χ4v) is 3.34. The van der Waals surface area contributed by atoms with Crippen molar-refractivity contribution in [3.8, 4) is 6.07 Å². The second kappa shape index (κ2) is 7.73. The van der Waals surface area contributed by atoms with Crippen molar-refractivity contribution in [2.24, 2.45) is 5.92 Å². The van der Waals surface area contributed by atoms with Crippen molar-refractivity contribution in [2.45, 2.75) is 25.5 Å². The first-order chi connectivity index (χ1) is 12.1. The van der Waals surface area contributed by atoms with Gasteiger partial charge in [0.2, 0.25) is 0 Å². The van der Waals surface area contributed by atoms with Crippen LogP contribution in [0.5, 0.6) is 0 Å². The Bertz CT molecular complexity index is 762. The van der Waals surface area contributed by atoms with E-state index in [9.17, 15) is 13.9 Å². The van der Waals surface area contributed by atoms with Gasteiger partial charge in [-0.1, -0.05) is 18.2 Å². The Hall–Kier alpha value is -2.29. The maximum Gasteiger partial charge on any atom is 0.129 e. The fraction of sp³-hybridized carbons (Fsp3) is 0.350. The second-order valence-electron chi connectivity index (χ2n) is 6.53. The van der Waals surface area contributed by atoms with Gasteiger partial charge in [0.25, 0.3) is 0 Å². The predicted octanol–water partition coefficient (Wildman–Crippen LogP) is 3.78. The number of nitriles is 1. The van der Waals surface area contributed by atoms with Crippen LogP contribution in [0, 0.1) is 28.9 Å². The Morgan fingerprint density at radius 3 is 2.40 bits per heavy atom. The summed E-state index contributed by atoms with van der Waals surface area (Å²) in [5, 5.41) is 19.3. The van der Waals surface area contributed by atoms with Gasteiger partial charge in [-0.3, -0.25) is 4.90 Å². The smallest absolute Gasteiger partial charge is 0.129 e. The van der Waals surface area contributed by atoms with Gasteiger partial charge in [0.1, 0.15) is 11.6 Å². The number of benzene rings is 2. The highest BCUT2D eigenvalue weighted by Gasteiger charge is 2.26. The molecule has 3 nitrogen and oxygen atoms in total. The Labute approximate surface area is 146 Å². The van der Waals surface area contributed by atoms with Crippen molar-refractivity contribution in [2.75, 3.05) is 13.1 Å². The summed E-state index contributed by atoms with van der Waals surface area (Å²) in [6.07, 6.45) is 1.00. The van der Waals surface area contributed by atoms with E-state index in [1.807, 2.05) is 6.07 Å². The molecule has 5 heteroatoms. The molecule has 0 aromatic heterocycles. The molecule has 0 spiro atoms. The van der Waals surface area contributed by atoms with Crippen molar-refractivity contribution in [1.82, 2.24) is 4.90 Å². The molecule has 0 bridgehead atoms. The zero-order valence-electron chi connectivity index (χ0n) is 13.8.